The third-order valence-corrected chi connectivity index (χ3v) is 4.41. The number of ether oxygens (including phenoxy) is 2. The summed E-state index contributed by atoms with van der Waals surface area (Å²) in [4.78, 5) is 2.36. The monoisotopic (exact) mass is 292 g/mol. The molecule has 0 saturated carbocycles. The topological polar surface area (TPSA) is 33.7 Å². The van der Waals surface area contributed by atoms with Gasteiger partial charge in [-0.3, -0.25) is 0 Å². The number of hydrogen-bond acceptors (Lipinski definition) is 4. The number of hydrogen-bond donors (Lipinski definition) is 1. The van der Waals surface area contributed by atoms with E-state index < -0.39 is 0 Å². The van der Waals surface area contributed by atoms with Crippen molar-refractivity contribution >= 4 is 5.69 Å². The molecule has 0 spiro atoms. The van der Waals surface area contributed by atoms with E-state index in [9.17, 15) is 0 Å². The summed E-state index contributed by atoms with van der Waals surface area (Å²) >= 11 is 0. The lowest BCUT2D eigenvalue weighted by Gasteiger charge is -2.31. The number of anilines is 1. The van der Waals surface area contributed by atoms with Crippen molar-refractivity contribution < 1.29 is 9.47 Å². The van der Waals surface area contributed by atoms with Crippen LogP contribution in [0.1, 0.15) is 31.4 Å². The molecule has 1 fully saturated rings. The first kappa shape index (κ1) is 16.1. The Bertz CT molecular complexity index is 444. The Balaban J connectivity index is 2.20. The first-order valence-corrected chi connectivity index (χ1v) is 7.80. The predicted molar refractivity (Wildman–Crippen MR) is 87.3 cm³/mol. The lowest BCUT2D eigenvalue weighted by Crippen LogP contribution is -2.31. The second-order valence-corrected chi connectivity index (χ2v) is 5.84. The third-order valence-electron chi connectivity index (χ3n) is 4.41. The van der Waals surface area contributed by atoms with Gasteiger partial charge in [-0.15, -0.1) is 0 Å². The maximum Gasteiger partial charge on any atom is 0.125 e. The number of benzene rings is 1. The fourth-order valence-electron chi connectivity index (χ4n) is 3.04. The number of nitrogens with zero attached hydrogens (tertiary/aromatic N) is 1. The Morgan fingerprint density at radius 3 is 2.71 bits per heavy atom. The molecule has 1 atom stereocenters. The summed E-state index contributed by atoms with van der Waals surface area (Å²) in [6.07, 6.45) is 2.32. The maximum atomic E-state index is 5.56. The van der Waals surface area contributed by atoms with Gasteiger partial charge in [-0.2, -0.15) is 0 Å². The standard InChI is InChI=1S/C17H28N2O2/c1-13(18-2)17-15(6-5-7-16(17)20-4)19(3)12-14-8-10-21-11-9-14/h5-7,13-14,18H,8-12H2,1-4H3. The predicted octanol–water partition coefficient (Wildman–Crippen LogP) is 2.84. The normalized spacial score (nSPS) is 17.5. The third kappa shape index (κ3) is 3.89. The first-order valence-electron chi connectivity index (χ1n) is 7.80. The summed E-state index contributed by atoms with van der Waals surface area (Å²) in [5, 5.41) is 3.33. The van der Waals surface area contributed by atoms with Crippen molar-refractivity contribution in [3.8, 4) is 5.75 Å². The van der Waals surface area contributed by atoms with Crippen LogP contribution >= 0.6 is 0 Å². The summed E-state index contributed by atoms with van der Waals surface area (Å²) in [6.45, 7) is 5.04. The highest BCUT2D eigenvalue weighted by atomic mass is 16.5. The smallest absolute Gasteiger partial charge is 0.125 e. The van der Waals surface area contributed by atoms with E-state index in [1.807, 2.05) is 13.1 Å². The fourth-order valence-corrected chi connectivity index (χ4v) is 3.04. The van der Waals surface area contributed by atoms with Crippen molar-refractivity contribution in [2.75, 3.05) is 45.9 Å². The lowest BCUT2D eigenvalue weighted by molar-refractivity contribution is 0.0685. The molecule has 4 heteroatoms. The zero-order valence-corrected chi connectivity index (χ0v) is 13.7. The van der Waals surface area contributed by atoms with Crippen molar-refractivity contribution in [2.24, 2.45) is 5.92 Å². The van der Waals surface area contributed by atoms with Gasteiger partial charge in [0.05, 0.1) is 7.11 Å². The van der Waals surface area contributed by atoms with Crippen LogP contribution in [0.2, 0.25) is 0 Å². The molecule has 1 aliphatic rings. The summed E-state index contributed by atoms with van der Waals surface area (Å²) in [7, 11) is 5.90. The van der Waals surface area contributed by atoms with Crippen molar-refractivity contribution in [3.05, 3.63) is 23.8 Å². The van der Waals surface area contributed by atoms with Crippen LogP contribution in [-0.2, 0) is 4.74 Å². The van der Waals surface area contributed by atoms with Crippen LogP contribution in [0.4, 0.5) is 5.69 Å². The van der Waals surface area contributed by atoms with Crippen molar-refractivity contribution in [3.63, 3.8) is 0 Å². The Kier molecular flexibility index (Phi) is 5.88. The van der Waals surface area contributed by atoms with Crippen molar-refractivity contribution in [2.45, 2.75) is 25.8 Å². The molecule has 0 amide bonds. The minimum atomic E-state index is 0.258. The zero-order chi connectivity index (χ0) is 15.2. The van der Waals surface area contributed by atoms with Gasteiger partial charge in [0.25, 0.3) is 0 Å². The van der Waals surface area contributed by atoms with Crippen LogP contribution in [0.25, 0.3) is 0 Å². The van der Waals surface area contributed by atoms with Gasteiger partial charge in [-0.05, 0) is 44.9 Å². The average molecular weight is 292 g/mol. The SMILES string of the molecule is CNC(C)c1c(OC)cccc1N(C)CC1CCOCC1. The molecule has 0 bridgehead atoms. The molecule has 1 N–H and O–H groups in total. The number of nitrogens with one attached hydrogen (secondary N) is 1. The maximum absolute atomic E-state index is 5.56. The van der Waals surface area contributed by atoms with Crippen LogP contribution in [0.3, 0.4) is 0 Å². The van der Waals surface area contributed by atoms with Crippen LogP contribution in [0.5, 0.6) is 5.75 Å². The average Bonchev–Trinajstić information content (AvgIpc) is 2.54. The highest BCUT2D eigenvalue weighted by molar-refractivity contribution is 5.60. The molecule has 0 aliphatic carbocycles. The van der Waals surface area contributed by atoms with Crippen LogP contribution in [-0.4, -0.2) is 41.0 Å². The second-order valence-electron chi connectivity index (χ2n) is 5.84. The largest absolute Gasteiger partial charge is 0.496 e. The second kappa shape index (κ2) is 7.66. The molecule has 4 nitrogen and oxygen atoms in total. The van der Waals surface area contributed by atoms with Gasteiger partial charge in [-0.25, -0.2) is 0 Å². The van der Waals surface area contributed by atoms with E-state index in [0.717, 1.165) is 38.3 Å². The molecule has 1 aromatic rings. The van der Waals surface area contributed by atoms with Gasteiger partial charge in [0.1, 0.15) is 5.75 Å². The molecule has 2 rings (SSSR count). The summed E-state index contributed by atoms with van der Waals surface area (Å²) < 4.78 is 11.0. The first-order chi connectivity index (χ1) is 10.2. The van der Waals surface area contributed by atoms with Gasteiger partial charge in [0.15, 0.2) is 0 Å². The quantitative estimate of drug-likeness (QED) is 0.874. The number of methoxy groups -OCH3 is 1. The van der Waals surface area contributed by atoms with E-state index in [1.54, 1.807) is 7.11 Å². The van der Waals surface area contributed by atoms with E-state index in [1.165, 1.54) is 11.3 Å². The lowest BCUT2D eigenvalue weighted by atomic mass is 9.98. The molecule has 1 saturated heterocycles. The van der Waals surface area contributed by atoms with Gasteiger partial charge < -0.3 is 19.7 Å². The molecule has 21 heavy (non-hydrogen) atoms. The van der Waals surface area contributed by atoms with Gasteiger partial charge in [0.2, 0.25) is 0 Å². The highest BCUT2D eigenvalue weighted by Crippen LogP contribution is 2.34. The molecule has 1 aromatic carbocycles. The molecule has 0 aromatic heterocycles. The van der Waals surface area contributed by atoms with E-state index in [0.29, 0.717) is 5.92 Å². The molecule has 1 unspecified atom stereocenters. The van der Waals surface area contributed by atoms with E-state index in [-0.39, 0.29) is 6.04 Å². The Hall–Kier alpha value is -1.26. The molecule has 118 valence electrons. The summed E-state index contributed by atoms with van der Waals surface area (Å²) in [6, 6.07) is 6.55. The summed E-state index contributed by atoms with van der Waals surface area (Å²) in [5.74, 6) is 1.67. The fraction of sp³-hybridized carbons (Fsp3) is 0.647. The molecular weight excluding hydrogens is 264 g/mol. The number of rotatable bonds is 6. The molecule has 0 radical (unpaired) electrons. The van der Waals surface area contributed by atoms with Crippen molar-refractivity contribution in [1.29, 1.82) is 0 Å². The van der Waals surface area contributed by atoms with E-state index >= 15 is 0 Å². The zero-order valence-electron chi connectivity index (χ0n) is 13.7. The summed E-state index contributed by atoms with van der Waals surface area (Å²) in [5.41, 5.74) is 2.49. The van der Waals surface area contributed by atoms with Gasteiger partial charge in [0, 0.05) is 44.1 Å². The molecule has 1 aliphatic heterocycles. The molecular formula is C17H28N2O2. The van der Waals surface area contributed by atoms with E-state index in [2.05, 4.69) is 36.3 Å². The van der Waals surface area contributed by atoms with Gasteiger partial charge in [-0.1, -0.05) is 6.07 Å². The minimum absolute atomic E-state index is 0.258. The minimum Gasteiger partial charge on any atom is -0.496 e. The molecule has 1 heterocycles. The highest BCUT2D eigenvalue weighted by Gasteiger charge is 2.21. The van der Waals surface area contributed by atoms with Gasteiger partial charge >= 0.3 is 0 Å². The Labute approximate surface area is 128 Å². The van der Waals surface area contributed by atoms with Crippen molar-refractivity contribution in [1.82, 2.24) is 5.32 Å². The van der Waals surface area contributed by atoms with Crippen LogP contribution < -0.4 is 15.0 Å². The Morgan fingerprint density at radius 1 is 1.38 bits per heavy atom. The Morgan fingerprint density at radius 2 is 2.10 bits per heavy atom. The van der Waals surface area contributed by atoms with E-state index in [4.69, 9.17) is 9.47 Å². The van der Waals surface area contributed by atoms with Crippen LogP contribution in [0.15, 0.2) is 18.2 Å². The van der Waals surface area contributed by atoms with Crippen LogP contribution in [0, 0.1) is 5.92 Å².